The number of carbonyl (C=O) groups is 1. The first-order chi connectivity index (χ1) is 16.5. The number of nitrogens with zero attached hydrogens (tertiary/aromatic N) is 4. The summed E-state index contributed by atoms with van der Waals surface area (Å²) in [5.74, 6) is 1.87. The van der Waals surface area contributed by atoms with Gasteiger partial charge in [0.15, 0.2) is 0 Å². The summed E-state index contributed by atoms with van der Waals surface area (Å²) < 4.78 is 11.1. The van der Waals surface area contributed by atoms with Crippen LogP contribution in [0.2, 0.25) is 10.0 Å². The lowest BCUT2D eigenvalue weighted by Gasteiger charge is -2.34. The van der Waals surface area contributed by atoms with Gasteiger partial charge in [-0.05, 0) is 53.5 Å². The van der Waals surface area contributed by atoms with Crippen LogP contribution in [0.5, 0.6) is 11.5 Å². The van der Waals surface area contributed by atoms with Crippen molar-refractivity contribution in [3.8, 4) is 11.5 Å². The van der Waals surface area contributed by atoms with E-state index in [-0.39, 0.29) is 6.03 Å². The maximum atomic E-state index is 12.8. The van der Waals surface area contributed by atoms with Crippen molar-refractivity contribution < 1.29 is 9.53 Å². The molecule has 5 rings (SSSR count). The number of benzene rings is 2. The van der Waals surface area contributed by atoms with E-state index in [1.54, 1.807) is 30.6 Å². The number of rotatable bonds is 5. The highest BCUT2D eigenvalue weighted by atomic mass is 35.5. The molecule has 2 amide bonds. The van der Waals surface area contributed by atoms with Crippen LogP contribution in [0.3, 0.4) is 0 Å². The minimum atomic E-state index is -0.138. The van der Waals surface area contributed by atoms with Gasteiger partial charge in [-0.15, -0.1) is 0 Å². The fourth-order valence-electron chi connectivity index (χ4n) is 3.87. The molecule has 1 N–H and O–H groups in total. The number of hydrogen-bond donors (Lipinski definition) is 1. The van der Waals surface area contributed by atoms with Crippen LogP contribution in [-0.2, 0) is 6.54 Å². The summed E-state index contributed by atoms with van der Waals surface area (Å²) in [7, 11) is 0. The largest absolute Gasteiger partial charge is 0.457 e. The standard InChI is InChI=1S/C24H21Cl2N5O2S/c25-17-11-18(26)13-20(12-17)33-19-3-1-2-16(10-19)15-30-6-8-31(9-7-30)24(32)29-23-21-14-28-34-22(21)4-5-27-23/h1-5,10-14H,6-9,15H2,(H,27,29,32). The van der Waals surface area contributed by atoms with Crippen LogP contribution in [0.1, 0.15) is 5.56 Å². The lowest BCUT2D eigenvalue weighted by Crippen LogP contribution is -2.49. The number of carbonyl (C=O) groups excluding carboxylic acids is 1. The molecular formula is C24H21Cl2N5O2S. The van der Waals surface area contributed by atoms with E-state index in [4.69, 9.17) is 27.9 Å². The Balaban J connectivity index is 1.16. The van der Waals surface area contributed by atoms with Crippen molar-refractivity contribution in [2.75, 3.05) is 31.5 Å². The third kappa shape index (κ3) is 5.42. The van der Waals surface area contributed by atoms with Crippen LogP contribution >= 0.6 is 34.7 Å². The van der Waals surface area contributed by atoms with E-state index in [1.807, 2.05) is 29.2 Å². The van der Waals surface area contributed by atoms with E-state index >= 15 is 0 Å². The summed E-state index contributed by atoms with van der Waals surface area (Å²) in [6, 6.07) is 14.8. The number of amides is 2. The molecule has 0 atom stereocenters. The summed E-state index contributed by atoms with van der Waals surface area (Å²) in [6.45, 7) is 3.60. The SMILES string of the molecule is O=C(Nc1nccc2sncc12)N1CCN(Cc2cccc(Oc3cc(Cl)cc(Cl)c3)c2)CC1. The highest BCUT2D eigenvalue weighted by molar-refractivity contribution is 7.13. The van der Waals surface area contributed by atoms with E-state index in [9.17, 15) is 4.79 Å². The number of halogens is 2. The van der Waals surface area contributed by atoms with Gasteiger partial charge in [-0.2, -0.15) is 4.37 Å². The minimum Gasteiger partial charge on any atom is -0.457 e. The van der Waals surface area contributed by atoms with Gasteiger partial charge >= 0.3 is 6.03 Å². The Morgan fingerprint density at radius 2 is 1.82 bits per heavy atom. The predicted molar refractivity (Wildman–Crippen MR) is 136 cm³/mol. The molecule has 0 radical (unpaired) electrons. The van der Waals surface area contributed by atoms with E-state index in [2.05, 4.69) is 25.6 Å². The molecule has 1 aliphatic rings. The van der Waals surface area contributed by atoms with Gasteiger partial charge in [0.05, 0.1) is 16.3 Å². The molecule has 2 aromatic heterocycles. The topological polar surface area (TPSA) is 70.6 Å². The van der Waals surface area contributed by atoms with Gasteiger partial charge in [-0.1, -0.05) is 35.3 Å². The van der Waals surface area contributed by atoms with Crippen molar-refractivity contribution in [3.63, 3.8) is 0 Å². The van der Waals surface area contributed by atoms with Crippen molar-refractivity contribution >= 4 is 56.7 Å². The number of urea groups is 1. The molecular weight excluding hydrogens is 493 g/mol. The zero-order valence-electron chi connectivity index (χ0n) is 18.1. The number of aromatic nitrogens is 2. The third-order valence-corrected chi connectivity index (χ3v) is 6.74. The molecule has 34 heavy (non-hydrogen) atoms. The highest BCUT2D eigenvalue weighted by Crippen LogP contribution is 2.29. The second-order valence-electron chi connectivity index (χ2n) is 7.95. The average molecular weight is 514 g/mol. The first-order valence-corrected chi connectivity index (χ1v) is 12.3. The van der Waals surface area contributed by atoms with Crippen LogP contribution < -0.4 is 10.1 Å². The smallest absolute Gasteiger partial charge is 0.323 e. The predicted octanol–water partition coefficient (Wildman–Crippen LogP) is 6.14. The Kier molecular flexibility index (Phi) is 6.82. The van der Waals surface area contributed by atoms with Crippen molar-refractivity contribution in [2.45, 2.75) is 6.54 Å². The van der Waals surface area contributed by atoms with Crippen molar-refractivity contribution in [3.05, 3.63) is 76.5 Å². The van der Waals surface area contributed by atoms with Gasteiger partial charge in [0.25, 0.3) is 0 Å². The van der Waals surface area contributed by atoms with Crippen molar-refractivity contribution in [1.29, 1.82) is 0 Å². The van der Waals surface area contributed by atoms with E-state index in [1.165, 1.54) is 11.5 Å². The maximum Gasteiger partial charge on any atom is 0.323 e. The summed E-state index contributed by atoms with van der Waals surface area (Å²) in [5, 5.41) is 4.85. The number of piperazine rings is 1. The molecule has 0 saturated carbocycles. The summed E-state index contributed by atoms with van der Waals surface area (Å²) in [5.41, 5.74) is 1.13. The quantitative estimate of drug-likeness (QED) is 0.347. The van der Waals surface area contributed by atoms with Gasteiger partial charge in [0.1, 0.15) is 17.3 Å². The highest BCUT2D eigenvalue weighted by Gasteiger charge is 2.22. The lowest BCUT2D eigenvalue weighted by molar-refractivity contribution is 0.143. The van der Waals surface area contributed by atoms with E-state index in [0.29, 0.717) is 34.7 Å². The monoisotopic (exact) mass is 513 g/mol. The molecule has 0 aliphatic carbocycles. The molecule has 4 aromatic rings. The number of fused-ring (bicyclic) bond motifs is 1. The Morgan fingerprint density at radius 3 is 2.62 bits per heavy atom. The number of anilines is 1. The Labute approximate surface area is 211 Å². The second kappa shape index (κ2) is 10.1. The molecule has 1 saturated heterocycles. The normalized spacial score (nSPS) is 14.4. The van der Waals surface area contributed by atoms with Crippen LogP contribution in [-0.4, -0.2) is 51.4 Å². The molecule has 0 unspecified atom stereocenters. The van der Waals surface area contributed by atoms with Gasteiger partial charge in [0, 0.05) is 49.0 Å². The molecule has 10 heteroatoms. The molecule has 2 aromatic carbocycles. The summed E-state index contributed by atoms with van der Waals surface area (Å²) in [6.07, 6.45) is 3.42. The lowest BCUT2D eigenvalue weighted by atomic mass is 10.2. The van der Waals surface area contributed by atoms with Crippen LogP contribution in [0.4, 0.5) is 10.6 Å². The Hall–Kier alpha value is -2.91. The van der Waals surface area contributed by atoms with Crippen LogP contribution in [0, 0.1) is 0 Å². The summed E-state index contributed by atoms with van der Waals surface area (Å²) >= 11 is 13.5. The Morgan fingerprint density at radius 1 is 1.03 bits per heavy atom. The van der Waals surface area contributed by atoms with Gasteiger partial charge in [-0.25, -0.2) is 9.78 Å². The molecule has 3 heterocycles. The number of ether oxygens (including phenoxy) is 1. The molecule has 7 nitrogen and oxygen atoms in total. The second-order valence-corrected chi connectivity index (χ2v) is 9.65. The number of hydrogen-bond acceptors (Lipinski definition) is 6. The first-order valence-electron chi connectivity index (χ1n) is 10.7. The van der Waals surface area contributed by atoms with Gasteiger partial charge < -0.3 is 9.64 Å². The fourth-order valence-corrected chi connectivity index (χ4v) is 5.02. The fraction of sp³-hybridized carbons (Fsp3) is 0.208. The van der Waals surface area contributed by atoms with Crippen molar-refractivity contribution in [1.82, 2.24) is 19.2 Å². The zero-order valence-corrected chi connectivity index (χ0v) is 20.4. The van der Waals surface area contributed by atoms with Gasteiger partial charge in [-0.3, -0.25) is 10.2 Å². The molecule has 0 bridgehead atoms. The van der Waals surface area contributed by atoms with E-state index < -0.39 is 0 Å². The van der Waals surface area contributed by atoms with Crippen molar-refractivity contribution in [2.24, 2.45) is 0 Å². The average Bonchev–Trinajstić information content (AvgIpc) is 3.29. The molecule has 174 valence electrons. The summed E-state index contributed by atoms with van der Waals surface area (Å²) in [4.78, 5) is 21.2. The third-order valence-electron chi connectivity index (χ3n) is 5.54. The number of pyridine rings is 1. The zero-order chi connectivity index (χ0) is 23.5. The molecule has 1 fully saturated rings. The van der Waals surface area contributed by atoms with Gasteiger partial charge in [0.2, 0.25) is 0 Å². The van der Waals surface area contributed by atoms with Crippen LogP contribution in [0.15, 0.2) is 60.9 Å². The maximum absolute atomic E-state index is 12.8. The Bertz CT molecular complexity index is 1300. The molecule has 0 spiro atoms. The van der Waals surface area contributed by atoms with Crippen LogP contribution in [0.25, 0.3) is 10.1 Å². The number of nitrogens with one attached hydrogen (secondary N) is 1. The minimum absolute atomic E-state index is 0.138. The van der Waals surface area contributed by atoms with E-state index in [0.717, 1.165) is 41.0 Å². The molecule has 1 aliphatic heterocycles. The first kappa shape index (κ1) is 22.9.